The highest BCUT2D eigenvalue weighted by molar-refractivity contribution is 5.94. The van der Waals surface area contributed by atoms with E-state index in [2.05, 4.69) is 32.1 Å². The second-order valence-corrected chi connectivity index (χ2v) is 6.75. The second-order valence-electron chi connectivity index (χ2n) is 6.75. The molecule has 7 nitrogen and oxygen atoms in total. The van der Waals surface area contributed by atoms with Gasteiger partial charge in [-0.1, -0.05) is 6.07 Å². The second kappa shape index (κ2) is 6.16. The molecule has 0 spiro atoms. The van der Waals surface area contributed by atoms with Crippen LogP contribution in [0.15, 0.2) is 49.1 Å². The molecule has 0 aliphatic heterocycles. The Hall–Kier alpha value is -3.74. The van der Waals surface area contributed by atoms with Crippen molar-refractivity contribution in [3.05, 3.63) is 54.7 Å². The van der Waals surface area contributed by atoms with Gasteiger partial charge in [-0.3, -0.25) is 0 Å². The largest absolute Gasteiger partial charge is 0.481 e. The van der Waals surface area contributed by atoms with Crippen LogP contribution in [0.4, 0.5) is 0 Å². The van der Waals surface area contributed by atoms with Gasteiger partial charge in [0.25, 0.3) is 0 Å². The molecule has 7 heteroatoms. The summed E-state index contributed by atoms with van der Waals surface area (Å²) in [7, 11) is 3.60. The number of H-pyrrole nitrogens is 1. The number of nitrogens with zero attached hydrogens (tertiary/aromatic N) is 5. The molecule has 0 atom stereocenters. The molecule has 138 valence electrons. The summed E-state index contributed by atoms with van der Waals surface area (Å²) >= 11 is 0. The van der Waals surface area contributed by atoms with E-state index in [1.807, 2.05) is 49.3 Å². The smallest absolute Gasteiger partial charge is 0.213 e. The van der Waals surface area contributed by atoms with E-state index in [4.69, 9.17) is 9.72 Å². The number of aryl methyl sites for hydroxylation is 2. The standard InChI is InChI=1S/C21H18N6O/c1-12-6-14(8-19(25-12)28-3)17-10-23-21-20(26-17)15(9-22-21)13-4-5-16-18(7-13)27(2)11-24-16/h4-11H,1-3H3,(H,22,23). The fourth-order valence-corrected chi connectivity index (χ4v) is 3.43. The molecule has 0 aliphatic carbocycles. The van der Waals surface area contributed by atoms with E-state index in [1.54, 1.807) is 13.3 Å². The molecule has 0 aliphatic rings. The Labute approximate surface area is 161 Å². The van der Waals surface area contributed by atoms with Gasteiger partial charge in [-0.25, -0.2) is 19.9 Å². The molecule has 5 aromatic rings. The minimum atomic E-state index is 0.563. The first-order valence-corrected chi connectivity index (χ1v) is 8.91. The first-order valence-electron chi connectivity index (χ1n) is 8.91. The normalized spacial score (nSPS) is 11.4. The summed E-state index contributed by atoms with van der Waals surface area (Å²) in [5, 5.41) is 0. The maximum atomic E-state index is 5.29. The van der Waals surface area contributed by atoms with Gasteiger partial charge in [-0.15, -0.1) is 0 Å². The monoisotopic (exact) mass is 370 g/mol. The molecule has 0 fully saturated rings. The van der Waals surface area contributed by atoms with Crippen molar-refractivity contribution in [1.29, 1.82) is 0 Å². The molecule has 1 aromatic carbocycles. The lowest BCUT2D eigenvalue weighted by molar-refractivity contribution is 0.397. The zero-order valence-electron chi connectivity index (χ0n) is 15.8. The van der Waals surface area contributed by atoms with Gasteiger partial charge in [-0.05, 0) is 30.7 Å². The van der Waals surface area contributed by atoms with Gasteiger partial charge < -0.3 is 14.3 Å². The van der Waals surface area contributed by atoms with Crippen LogP contribution in [0, 0.1) is 6.92 Å². The lowest BCUT2D eigenvalue weighted by atomic mass is 10.1. The number of benzene rings is 1. The number of nitrogens with one attached hydrogen (secondary N) is 1. The highest BCUT2D eigenvalue weighted by atomic mass is 16.5. The van der Waals surface area contributed by atoms with E-state index in [9.17, 15) is 0 Å². The van der Waals surface area contributed by atoms with E-state index in [0.29, 0.717) is 5.88 Å². The first kappa shape index (κ1) is 16.4. The van der Waals surface area contributed by atoms with Gasteiger partial charge >= 0.3 is 0 Å². The molecule has 0 saturated heterocycles. The number of aromatic amines is 1. The zero-order valence-corrected chi connectivity index (χ0v) is 15.8. The van der Waals surface area contributed by atoms with Gasteiger partial charge in [0.2, 0.25) is 5.88 Å². The van der Waals surface area contributed by atoms with Crippen molar-refractivity contribution in [3.8, 4) is 28.3 Å². The Kier molecular flexibility index (Phi) is 3.61. The van der Waals surface area contributed by atoms with Crippen LogP contribution in [-0.2, 0) is 7.05 Å². The van der Waals surface area contributed by atoms with E-state index in [-0.39, 0.29) is 0 Å². The SMILES string of the molecule is COc1cc(-c2cnc3[nH]cc(-c4ccc5ncn(C)c5c4)c3n2)cc(C)n1. The Bertz CT molecular complexity index is 1330. The quantitative estimate of drug-likeness (QED) is 0.521. The molecule has 4 aromatic heterocycles. The maximum Gasteiger partial charge on any atom is 0.213 e. The Morgan fingerprint density at radius 2 is 1.93 bits per heavy atom. The molecule has 0 radical (unpaired) electrons. The van der Waals surface area contributed by atoms with E-state index in [1.165, 1.54) is 0 Å². The fraction of sp³-hybridized carbons (Fsp3) is 0.143. The number of hydrogen-bond acceptors (Lipinski definition) is 5. The fourth-order valence-electron chi connectivity index (χ4n) is 3.43. The zero-order chi connectivity index (χ0) is 19.3. The summed E-state index contributed by atoms with van der Waals surface area (Å²) in [6.07, 6.45) is 5.53. The molecule has 1 N–H and O–H groups in total. The number of aromatic nitrogens is 6. The highest BCUT2D eigenvalue weighted by Crippen LogP contribution is 2.31. The highest BCUT2D eigenvalue weighted by Gasteiger charge is 2.13. The summed E-state index contributed by atoms with van der Waals surface area (Å²) in [6, 6.07) is 10.1. The van der Waals surface area contributed by atoms with Crippen LogP contribution in [0.5, 0.6) is 5.88 Å². The summed E-state index contributed by atoms with van der Waals surface area (Å²) in [4.78, 5) is 21.4. The average Bonchev–Trinajstić information content (AvgIpc) is 3.30. The molecule has 5 rings (SSSR count). The third kappa shape index (κ3) is 2.60. The summed E-state index contributed by atoms with van der Waals surface area (Å²) in [5.41, 5.74) is 8.26. The van der Waals surface area contributed by atoms with Crippen LogP contribution < -0.4 is 4.74 Å². The van der Waals surface area contributed by atoms with Gasteiger partial charge in [0.15, 0.2) is 5.65 Å². The van der Waals surface area contributed by atoms with Crippen LogP contribution in [-0.4, -0.2) is 36.6 Å². The number of methoxy groups -OCH3 is 1. The van der Waals surface area contributed by atoms with Crippen molar-refractivity contribution in [2.75, 3.05) is 7.11 Å². The summed E-state index contributed by atoms with van der Waals surface area (Å²) in [6.45, 7) is 1.93. The van der Waals surface area contributed by atoms with Crippen molar-refractivity contribution >= 4 is 22.2 Å². The van der Waals surface area contributed by atoms with E-state index < -0.39 is 0 Å². The van der Waals surface area contributed by atoms with Crippen molar-refractivity contribution in [3.63, 3.8) is 0 Å². The van der Waals surface area contributed by atoms with Crippen LogP contribution >= 0.6 is 0 Å². The third-order valence-corrected chi connectivity index (χ3v) is 4.85. The molecule has 0 saturated carbocycles. The number of fused-ring (bicyclic) bond motifs is 2. The predicted molar refractivity (Wildman–Crippen MR) is 108 cm³/mol. The molecule has 28 heavy (non-hydrogen) atoms. The molecule has 0 unspecified atom stereocenters. The lowest BCUT2D eigenvalue weighted by Gasteiger charge is -2.06. The van der Waals surface area contributed by atoms with E-state index >= 15 is 0 Å². The van der Waals surface area contributed by atoms with Crippen molar-refractivity contribution in [1.82, 2.24) is 29.5 Å². The average molecular weight is 370 g/mol. The molecular formula is C21H18N6O. The number of imidazole rings is 1. The van der Waals surface area contributed by atoms with Crippen molar-refractivity contribution in [2.24, 2.45) is 7.05 Å². The topological polar surface area (TPSA) is 81.5 Å². The van der Waals surface area contributed by atoms with Gasteiger partial charge in [0.1, 0.15) is 5.52 Å². The minimum Gasteiger partial charge on any atom is -0.481 e. The predicted octanol–water partition coefficient (Wildman–Crippen LogP) is 3.89. The summed E-state index contributed by atoms with van der Waals surface area (Å²) in [5.74, 6) is 0.563. The molecule has 0 amide bonds. The third-order valence-electron chi connectivity index (χ3n) is 4.85. The van der Waals surface area contributed by atoms with E-state index in [0.717, 1.165) is 50.3 Å². The van der Waals surface area contributed by atoms with Crippen LogP contribution in [0.2, 0.25) is 0 Å². The number of hydrogen-bond donors (Lipinski definition) is 1. The number of pyridine rings is 1. The molecule has 0 bridgehead atoms. The lowest BCUT2D eigenvalue weighted by Crippen LogP contribution is -1.94. The Balaban J connectivity index is 1.68. The summed E-state index contributed by atoms with van der Waals surface area (Å²) < 4.78 is 7.30. The van der Waals surface area contributed by atoms with Gasteiger partial charge in [0.05, 0.1) is 36.4 Å². The Morgan fingerprint density at radius 1 is 1.04 bits per heavy atom. The number of ether oxygens (including phenoxy) is 1. The minimum absolute atomic E-state index is 0.563. The Morgan fingerprint density at radius 3 is 2.79 bits per heavy atom. The van der Waals surface area contributed by atoms with Crippen molar-refractivity contribution in [2.45, 2.75) is 6.92 Å². The molecular weight excluding hydrogens is 352 g/mol. The first-order chi connectivity index (χ1) is 13.6. The van der Waals surface area contributed by atoms with Gasteiger partial charge in [-0.2, -0.15) is 0 Å². The van der Waals surface area contributed by atoms with Crippen LogP contribution in [0.3, 0.4) is 0 Å². The molecule has 4 heterocycles. The van der Waals surface area contributed by atoms with Gasteiger partial charge in [0, 0.05) is 36.1 Å². The maximum absolute atomic E-state index is 5.29. The van der Waals surface area contributed by atoms with Crippen LogP contribution in [0.25, 0.3) is 44.6 Å². The number of rotatable bonds is 3. The van der Waals surface area contributed by atoms with Crippen LogP contribution in [0.1, 0.15) is 5.69 Å². The van der Waals surface area contributed by atoms with Crippen molar-refractivity contribution < 1.29 is 4.74 Å².